The molecule has 0 aromatic carbocycles. The first-order valence-corrected chi connectivity index (χ1v) is 9.70. The maximum Gasteiger partial charge on any atom is 0.170 e. The molecule has 3 aromatic rings. The average molecular weight is 381 g/mol. The van der Waals surface area contributed by atoms with Gasteiger partial charge < -0.3 is 19.2 Å². The Morgan fingerprint density at radius 3 is 2.78 bits per heavy atom. The van der Waals surface area contributed by atoms with Crippen LogP contribution in [0, 0.1) is 5.92 Å². The summed E-state index contributed by atoms with van der Waals surface area (Å²) in [6.07, 6.45) is 5.65. The van der Waals surface area contributed by atoms with Gasteiger partial charge in [0, 0.05) is 24.6 Å². The highest BCUT2D eigenvalue weighted by atomic mass is 32.1. The van der Waals surface area contributed by atoms with Gasteiger partial charge in [-0.3, -0.25) is 4.98 Å². The summed E-state index contributed by atoms with van der Waals surface area (Å²) in [6.45, 7) is 6.03. The van der Waals surface area contributed by atoms with Crippen molar-refractivity contribution < 1.29 is 4.42 Å². The topological polar surface area (TPSA) is 46.2 Å². The van der Waals surface area contributed by atoms with Crippen molar-refractivity contribution in [2.45, 2.75) is 32.5 Å². The van der Waals surface area contributed by atoms with Crippen LogP contribution in [-0.4, -0.2) is 26.1 Å². The van der Waals surface area contributed by atoms with Gasteiger partial charge in [0.15, 0.2) is 5.11 Å². The predicted molar refractivity (Wildman–Crippen MR) is 109 cm³/mol. The van der Waals surface area contributed by atoms with Gasteiger partial charge in [0.05, 0.1) is 30.6 Å². The van der Waals surface area contributed by atoms with E-state index in [1.807, 2.05) is 30.5 Å². The van der Waals surface area contributed by atoms with Crippen LogP contribution in [0.15, 0.2) is 65.5 Å². The molecule has 0 unspecified atom stereocenters. The zero-order chi connectivity index (χ0) is 18.8. The first-order chi connectivity index (χ1) is 13.1. The zero-order valence-electron chi connectivity index (χ0n) is 15.6. The predicted octanol–water partition coefficient (Wildman–Crippen LogP) is 4.15. The second-order valence-electron chi connectivity index (χ2n) is 7.31. The highest BCUT2D eigenvalue weighted by Crippen LogP contribution is 2.39. The Balaban J connectivity index is 1.73. The molecular formula is C21H24N4OS. The Kier molecular flexibility index (Phi) is 4.99. The minimum Gasteiger partial charge on any atom is -0.467 e. The number of furan rings is 1. The van der Waals surface area contributed by atoms with Crippen molar-refractivity contribution in [3.05, 3.63) is 78.3 Å². The molecule has 0 amide bonds. The fourth-order valence-electron chi connectivity index (χ4n) is 3.73. The van der Waals surface area contributed by atoms with Gasteiger partial charge in [-0.05, 0) is 54.5 Å². The second kappa shape index (κ2) is 7.56. The fraction of sp³-hybridized carbons (Fsp3) is 0.333. The highest BCUT2D eigenvalue weighted by Gasteiger charge is 2.41. The highest BCUT2D eigenvalue weighted by molar-refractivity contribution is 7.80. The molecule has 1 N–H and O–H groups in total. The van der Waals surface area contributed by atoms with E-state index in [0.29, 0.717) is 12.5 Å². The molecule has 4 rings (SSSR count). The van der Waals surface area contributed by atoms with E-state index >= 15 is 0 Å². The first kappa shape index (κ1) is 17.8. The van der Waals surface area contributed by atoms with Gasteiger partial charge >= 0.3 is 0 Å². The van der Waals surface area contributed by atoms with E-state index in [2.05, 4.69) is 58.0 Å². The summed E-state index contributed by atoms with van der Waals surface area (Å²) in [6, 6.07) is 14.3. The molecule has 1 aliphatic heterocycles. The minimum atomic E-state index is 0.0164. The number of aromatic nitrogens is 2. The number of nitrogens with zero attached hydrogens (tertiary/aromatic N) is 3. The van der Waals surface area contributed by atoms with Crippen LogP contribution in [0.3, 0.4) is 0 Å². The summed E-state index contributed by atoms with van der Waals surface area (Å²) in [5.41, 5.74) is 2.21. The van der Waals surface area contributed by atoms with Crippen LogP contribution in [0.25, 0.3) is 0 Å². The molecule has 0 spiro atoms. The van der Waals surface area contributed by atoms with Crippen LogP contribution in [0.1, 0.15) is 43.1 Å². The molecule has 1 aliphatic rings. The van der Waals surface area contributed by atoms with E-state index in [4.69, 9.17) is 16.6 Å². The number of rotatable bonds is 6. The monoisotopic (exact) mass is 380 g/mol. The summed E-state index contributed by atoms with van der Waals surface area (Å²) in [5, 5.41) is 4.30. The SMILES string of the molecule is CC(C)CN1C(=S)N[C@H](c2ccccn2)[C@H]1c1cccn1Cc1ccco1. The first-order valence-electron chi connectivity index (χ1n) is 9.29. The van der Waals surface area contributed by atoms with Crippen molar-refractivity contribution in [3.8, 4) is 0 Å². The largest absolute Gasteiger partial charge is 0.467 e. The lowest BCUT2D eigenvalue weighted by molar-refractivity contribution is 0.276. The number of hydrogen-bond donors (Lipinski definition) is 1. The van der Waals surface area contributed by atoms with Gasteiger partial charge in [-0.25, -0.2) is 0 Å². The number of pyridine rings is 1. The van der Waals surface area contributed by atoms with Crippen LogP contribution in [0.5, 0.6) is 0 Å². The van der Waals surface area contributed by atoms with Gasteiger partial charge in [-0.15, -0.1) is 0 Å². The number of hydrogen-bond acceptors (Lipinski definition) is 3. The maximum absolute atomic E-state index is 5.71. The lowest BCUT2D eigenvalue weighted by Crippen LogP contribution is -2.33. The Hall–Kier alpha value is -2.60. The van der Waals surface area contributed by atoms with E-state index in [0.717, 1.165) is 23.1 Å². The molecule has 3 aromatic heterocycles. The Morgan fingerprint density at radius 1 is 1.19 bits per heavy atom. The van der Waals surface area contributed by atoms with Gasteiger partial charge in [0.25, 0.3) is 0 Å². The fourth-order valence-corrected chi connectivity index (χ4v) is 4.04. The third kappa shape index (κ3) is 3.62. The van der Waals surface area contributed by atoms with Crippen LogP contribution in [0.2, 0.25) is 0 Å². The van der Waals surface area contributed by atoms with Crippen LogP contribution in [0.4, 0.5) is 0 Å². The van der Waals surface area contributed by atoms with Crippen molar-refractivity contribution in [2.75, 3.05) is 6.54 Å². The molecule has 2 atom stereocenters. The molecule has 140 valence electrons. The average Bonchev–Trinajstić information content (AvgIpc) is 3.38. The quantitative estimate of drug-likeness (QED) is 0.651. The van der Waals surface area contributed by atoms with E-state index in [-0.39, 0.29) is 12.1 Å². The maximum atomic E-state index is 5.71. The Labute approximate surface area is 165 Å². The van der Waals surface area contributed by atoms with Crippen molar-refractivity contribution in [3.63, 3.8) is 0 Å². The molecule has 0 aliphatic carbocycles. The molecular weight excluding hydrogens is 356 g/mol. The molecule has 1 saturated heterocycles. The normalized spacial score (nSPS) is 19.7. The summed E-state index contributed by atoms with van der Waals surface area (Å²) in [7, 11) is 0. The van der Waals surface area contributed by atoms with Crippen LogP contribution < -0.4 is 5.32 Å². The lowest BCUT2D eigenvalue weighted by Gasteiger charge is -2.30. The van der Waals surface area contributed by atoms with E-state index in [9.17, 15) is 0 Å². The van der Waals surface area contributed by atoms with Gasteiger partial charge in [-0.2, -0.15) is 0 Å². The summed E-state index contributed by atoms with van der Waals surface area (Å²) >= 11 is 5.71. The molecule has 0 bridgehead atoms. The minimum absolute atomic E-state index is 0.0164. The van der Waals surface area contributed by atoms with Gasteiger partial charge in [0.1, 0.15) is 5.76 Å². The van der Waals surface area contributed by atoms with Crippen molar-refractivity contribution in [1.29, 1.82) is 0 Å². The third-order valence-corrected chi connectivity index (χ3v) is 5.19. The van der Waals surface area contributed by atoms with Gasteiger partial charge in [-0.1, -0.05) is 19.9 Å². The number of thiocarbonyl (C=S) groups is 1. The molecule has 0 saturated carbocycles. The summed E-state index contributed by atoms with van der Waals surface area (Å²) < 4.78 is 7.80. The van der Waals surface area contributed by atoms with E-state index < -0.39 is 0 Å². The van der Waals surface area contributed by atoms with Crippen LogP contribution in [-0.2, 0) is 6.54 Å². The second-order valence-corrected chi connectivity index (χ2v) is 7.70. The number of nitrogens with one attached hydrogen (secondary N) is 1. The van der Waals surface area contributed by atoms with E-state index in [1.165, 1.54) is 5.69 Å². The molecule has 27 heavy (non-hydrogen) atoms. The molecule has 1 fully saturated rings. The van der Waals surface area contributed by atoms with Crippen molar-refractivity contribution >= 4 is 17.3 Å². The zero-order valence-corrected chi connectivity index (χ0v) is 16.4. The van der Waals surface area contributed by atoms with Crippen molar-refractivity contribution in [2.24, 2.45) is 5.92 Å². The van der Waals surface area contributed by atoms with Crippen molar-refractivity contribution in [1.82, 2.24) is 19.8 Å². The Morgan fingerprint density at radius 2 is 2.07 bits per heavy atom. The smallest absolute Gasteiger partial charge is 0.170 e. The third-order valence-electron chi connectivity index (χ3n) is 4.83. The van der Waals surface area contributed by atoms with Gasteiger partial charge in [0.2, 0.25) is 0 Å². The standard InChI is InChI=1S/C21H24N4OS/c1-15(2)13-25-20(19(23-21(25)27)17-8-3-4-10-22-17)18-9-5-11-24(18)14-16-7-6-12-26-16/h3-12,15,19-20H,13-14H2,1-2H3,(H,23,27)/t19-,20-/m1/s1. The summed E-state index contributed by atoms with van der Waals surface area (Å²) in [5.74, 6) is 1.44. The Bertz CT molecular complexity index is 888. The molecule has 6 heteroatoms. The molecule has 0 radical (unpaired) electrons. The lowest BCUT2D eigenvalue weighted by atomic mass is 10.0. The van der Waals surface area contributed by atoms with Crippen LogP contribution >= 0.6 is 12.2 Å². The molecule has 4 heterocycles. The summed E-state index contributed by atoms with van der Waals surface area (Å²) in [4.78, 5) is 6.90. The van der Waals surface area contributed by atoms with E-state index in [1.54, 1.807) is 6.26 Å². The molecule has 5 nitrogen and oxygen atoms in total.